The third-order valence-electron chi connectivity index (χ3n) is 3.13. The summed E-state index contributed by atoms with van der Waals surface area (Å²) in [5.41, 5.74) is 6.58. The van der Waals surface area contributed by atoms with Gasteiger partial charge in [0, 0.05) is 19.1 Å². The summed E-state index contributed by atoms with van der Waals surface area (Å²) in [4.78, 5) is 23.1. The molecule has 0 aromatic heterocycles. The van der Waals surface area contributed by atoms with E-state index in [4.69, 9.17) is 10.5 Å². The quantitative estimate of drug-likeness (QED) is 0.751. The van der Waals surface area contributed by atoms with E-state index in [2.05, 4.69) is 5.32 Å². The Hall–Kier alpha value is -1.88. The first kappa shape index (κ1) is 16.2. The molecular formula is C15H22N2O3. The average Bonchev–Trinajstić information content (AvgIpc) is 2.44. The summed E-state index contributed by atoms with van der Waals surface area (Å²) in [7, 11) is 1.61. The van der Waals surface area contributed by atoms with Crippen molar-refractivity contribution in [3.63, 3.8) is 0 Å². The minimum Gasteiger partial charge on any atom is -0.383 e. The van der Waals surface area contributed by atoms with Crippen molar-refractivity contribution in [2.24, 2.45) is 5.73 Å². The Labute approximate surface area is 119 Å². The van der Waals surface area contributed by atoms with Gasteiger partial charge in [-0.05, 0) is 24.5 Å². The molecule has 1 atom stereocenters. The van der Waals surface area contributed by atoms with E-state index in [9.17, 15) is 9.59 Å². The number of aryl methyl sites for hydroxylation is 1. The van der Waals surface area contributed by atoms with E-state index in [1.54, 1.807) is 19.2 Å². The number of nitrogens with one attached hydrogen (secondary N) is 1. The number of carbonyl (C=O) groups excluding carboxylic acids is 2. The van der Waals surface area contributed by atoms with Gasteiger partial charge >= 0.3 is 0 Å². The number of ether oxygens (including phenoxy) is 1. The molecule has 5 heteroatoms. The molecule has 0 saturated carbocycles. The number of primary amides is 1. The zero-order valence-electron chi connectivity index (χ0n) is 12.0. The van der Waals surface area contributed by atoms with Gasteiger partial charge in [-0.3, -0.25) is 9.59 Å². The molecule has 110 valence electrons. The maximum absolute atomic E-state index is 11.9. The highest BCUT2D eigenvalue weighted by molar-refractivity contribution is 5.94. The van der Waals surface area contributed by atoms with Crippen molar-refractivity contribution in [2.45, 2.75) is 32.2 Å². The second-order valence-corrected chi connectivity index (χ2v) is 4.65. The van der Waals surface area contributed by atoms with Crippen molar-refractivity contribution in [3.05, 3.63) is 35.4 Å². The molecule has 5 nitrogen and oxygen atoms in total. The predicted octanol–water partition coefficient (Wildman–Crippen LogP) is 1.26. The van der Waals surface area contributed by atoms with Gasteiger partial charge in [-0.25, -0.2) is 0 Å². The van der Waals surface area contributed by atoms with Gasteiger partial charge in [0.2, 0.25) is 11.8 Å². The van der Waals surface area contributed by atoms with E-state index in [1.807, 2.05) is 19.1 Å². The molecule has 20 heavy (non-hydrogen) atoms. The molecule has 0 radical (unpaired) electrons. The number of nitrogens with two attached hydrogens (primary N) is 1. The number of hydrogen-bond donors (Lipinski definition) is 2. The second kappa shape index (κ2) is 8.32. The summed E-state index contributed by atoms with van der Waals surface area (Å²) in [5, 5.41) is 2.91. The highest BCUT2D eigenvalue weighted by Crippen LogP contribution is 2.10. The summed E-state index contributed by atoms with van der Waals surface area (Å²) in [6.45, 7) is 2.49. The van der Waals surface area contributed by atoms with Crippen LogP contribution in [0.25, 0.3) is 0 Å². The van der Waals surface area contributed by atoms with Crippen LogP contribution in [0.15, 0.2) is 24.3 Å². The van der Waals surface area contributed by atoms with Gasteiger partial charge < -0.3 is 15.8 Å². The third-order valence-corrected chi connectivity index (χ3v) is 3.13. The molecule has 0 aliphatic rings. The molecule has 0 aliphatic carbocycles. The Kier molecular flexibility index (Phi) is 6.73. The Morgan fingerprint density at radius 2 is 2.05 bits per heavy atom. The van der Waals surface area contributed by atoms with Gasteiger partial charge in [0.05, 0.1) is 12.6 Å². The van der Waals surface area contributed by atoms with Gasteiger partial charge in [-0.15, -0.1) is 0 Å². The van der Waals surface area contributed by atoms with E-state index < -0.39 is 5.91 Å². The maximum atomic E-state index is 11.9. The molecule has 0 aliphatic heterocycles. The fourth-order valence-electron chi connectivity index (χ4n) is 1.99. The molecule has 0 bridgehead atoms. The van der Waals surface area contributed by atoms with Crippen LogP contribution in [0.1, 0.15) is 35.7 Å². The van der Waals surface area contributed by atoms with Crippen molar-refractivity contribution in [3.8, 4) is 0 Å². The van der Waals surface area contributed by atoms with Crippen LogP contribution < -0.4 is 11.1 Å². The summed E-state index contributed by atoms with van der Waals surface area (Å²) >= 11 is 0. The Morgan fingerprint density at radius 3 is 2.65 bits per heavy atom. The lowest BCUT2D eigenvalue weighted by atomic mass is 10.0. The first-order chi connectivity index (χ1) is 9.58. The van der Waals surface area contributed by atoms with Gasteiger partial charge in [-0.1, -0.05) is 25.1 Å². The molecule has 3 N–H and O–H groups in total. The Balaban J connectivity index is 2.55. The van der Waals surface area contributed by atoms with E-state index in [0.717, 1.165) is 12.0 Å². The number of carbonyl (C=O) groups is 2. The van der Waals surface area contributed by atoms with Crippen LogP contribution in [0, 0.1) is 0 Å². The lowest BCUT2D eigenvalue weighted by Gasteiger charge is -2.16. The molecule has 0 spiro atoms. The molecule has 0 heterocycles. The van der Waals surface area contributed by atoms with Crippen LogP contribution >= 0.6 is 0 Å². The van der Waals surface area contributed by atoms with Crippen molar-refractivity contribution < 1.29 is 14.3 Å². The van der Waals surface area contributed by atoms with Crippen molar-refractivity contribution in [1.82, 2.24) is 5.32 Å². The summed E-state index contributed by atoms with van der Waals surface area (Å²) in [5.74, 6) is -0.514. The van der Waals surface area contributed by atoms with Gasteiger partial charge in [0.25, 0.3) is 0 Å². The standard InChI is InChI=1S/C15H22N2O3/c1-3-12(10-20-2)17-14(18)9-8-11-6-4-5-7-13(11)15(16)19/h4-7,12H,3,8-10H2,1-2H3,(H2,16,19)(H,17,18)/t12-/m0/s1. The van der Waals surface area contributed by atoms with Crippen LogP contribution in [0.5, 0.6) is 0 Å². The average molecular weight is 278 g/mol. The SMILES string of the molecule is CC[C@@H](COC)NC(=O)CCc1ccccc1C(N)=O. The highest BCUT2D eigenvalue weighted by Gasteiger charge is 2.12. The number of rotatable bonds is 8. The smallest absolute Gasteiger partial charge is 0.248 e. The van der Waals surface area contributed by atoms with Crippen molar-refractivity contribution >= 4 is 11.8 Å². The van der Waals surface area contributed by atoms with Crippen LogP contribution in [0.4, 0.5) is 0 Å². The zero-order valence-corrected chi connectivity index (χ0v) is 12.0. The van der Waals surface area contributed by atoms with E-state index in [0.29, 0.717) is 25.0 Å². The largest absolute Gasteiger partial charge is 0.383 e. The molecule has 2 amide bonds. The van der Waals surface area contributed by atoms with E-state index in [1.165, 1.54) is 0 Å². The van der Waals surface area contributed by atoms with E-state index in [-0.39, 0.29) is 11.9 Å². The van der Waals surface area contributed by atoms with Crippen LogP contribution in [-0.4, -0.2) is 31.6 Å². The molecular weight excluding hydrogens is 256 g/mol. The van der Waals surface area contributed by atoms with Crippen molar-refractivity contribution in [1.29, 1.82) is 0 Å². The molecule has 0 saturated heterocycles. The van der Waals surface area contributed by atoms with Crippen LogP contribution in [0.2, 0.25) is 0 Å². The molecule has 1 rings (SSSR count). The number of benzene rings is 1. The fourth-order valence-corrected chi connectivity index (χ4v) is 1.99. The highest BCUT2D eigenvalue weighted by atomic mass is 16.5. The lowest BCUT2D eigenvalue weighted by molar-refractivity contribution is -0.122. The topological polar surface area (TPSA) is 81.4 Å². The fraction of sp³-hybridized carbons (Fsp3) is 0.467. The molecule has 1 aromatic rings. The predicted molar refractivity (Wildman–Crippen MR) is 77.4 cm³/mol. The molecule has 0 fully saturated rings. The Morgan fingerprint density at radius 1 is 1.35 bits per heavy atom. The first-order valence-electron chi connectivity index (χ1n) is 6.74. The second-order valence-electron chi connectivity index (χ2n) is 4.65. The number of hydrogen-bond acceptors (Lipinski definition) is 3. The zero-order chi connectivity index (χ0) is 15.0. The van der Waals surface area contributed by atoms with Gasteiger partial charge in [0.1, 0.15) is 0 Å². The van der Waals surface area contributed by atoms with Crippen LogP contribution in [0.3, 0.4) is 0 Å². The molecule has 1 aromatic carbocycles. The monoisotopic (exact) mass is 278 g/mol. The van der Waals surface area contributed by atoms with E-state index >= 15 is 0 Å². The normalized spacial score (nSPS) is 11.9. The third kappa shape index (κ3) is 5.01. The van der Waals surface area contributed by atoms with Gasteiger partial charge in [-0.2, -0.15) is 0 Å². The number of amides is 2. The Bertz CT molecular complexity index is 460. The first-order valence-corrected chi connectivity index (χ1v) is 6.74. The van der Waals surface area contributed by atoms with Crippen molar-refractivity contribution in [2.75, 3.05) is 13.7 Å². The minimum absolute atomic E-state index is 0.0267. The summed E-state index contributed by atoms with van der Waals surface area (Å²) < 4.78 is 5.03. The molecule has 0 unspecified atom stereocenters. The summed E-state index contributed by atoms with van der Waals surface area (Å²) in [6, 6.07) is 7.11. The maximum Gasteiger partial charge on any atom is 0.248 e. The minimum atomic E-state index is -0.466. The number of methoxy groups -OCH3 is 1. The van der Waals surface area contributed by atoms with Gasteiger partial charge in [0.15, 0.2) is 0 Å². The lowest BCUT2D eigenvalue weighted by Crippen LogP contribution is -2.37. The summed E-state index contributed by atoms with van der Waals surface area (Å²) in [6.07, 6.45) is 1.64. The van der Waals surface area contributed by atoms with Crippen LogP contribution in [-0.2, 0) is 16.0 Å².